The minimum absolute atomic E-state index is 1.03. The standard InChI is InChI=1S/C8H8O.H3NO/c1-9-8-3-2-6-4-7(8)5-6;1-2/h2-4H,5H2,1H3;2H,1H2. The van der Waals surface area contributed by atoms with E-state index in [1.54, 1.807) is 7.11 Å². The van der Waals surface area contributed by atoms with E-state index in [0.29, 0.717) is 0 Å². The zero-order valence-electron chi connectivity index (χ0n) is 6.37. The summed E-state index contributed by atoms with van der Waals surface area (Å²) in [4.78, 5) is 0. The maximum atomic E-state index is 6.50. The quantitative estimate of drug-likeness (QED) is 0.599. The zero-order chi connectivity index (χ0) is 8.27. The van der Waals surface area contributed by atoms with Crippen LogP contribution in [0, 0.1) is 0 Å². The summed E-state index contributed by atoms with van der Waals surface area (Å²) in [6.45, 7) is 0. The summed E-state index contributed by atoms with van der Waals surface area (Å²) < 4.78 is 5.09. The van der Waals surface area contributed by atoms with E-state index in [-0.39, 0.29) is 0 Å². The molecule has 0 radical (unpaired) electrons. The molecule has 60 valence electrons. The number of benzene rings is 1. The molecule has 0 amide bonds. The minimum atomic E-state index is 1.03. The summed E-state index contributed by atoms with van der Waals surface area (Å²) in [7, 11) is 1.71. The fraction of sp³-hybridized carbons (Fsp3) is 0.250. The zero-order valence-corrected chi connectivity index (χ0v) is 6.37. The summed E-state index contributed by atoms with van der Waals surface area (Å²) in [5, 5.41) is 6.50. The van der Waals surface area contributed by atoms with Gasteiger partial charge in [-0.3, -0.25) is 0 Å². The molecule has 0 saturated carbocycles. The number of hydrogen-bond donors (Lipinski definition) is 2. The van der Waals surface area contributed by atoms with Crippen LogP contribution in [0.15, 0.2) is 18.2 Å². The summed E-state index contributed by atoms with van der Waals surface area (Å²) in [6, 6.07) is 6.29. The Labute approximate surface area is 65.4 Å². The highest BCUT2D eigenvalue weighted by Crippen LogP contribution is 2.30. The number of hydrogen-bond acceptors (Lipinski definition) is 3. The highest BCUT2D eigenvalue weighted by molar-refractivity contribution is 5.47. The lowest BCUT2D eigenvalue weighted by atomic mass is 9.92. The highest BCUT2D eigenvalue weighted by Gasteiger charge is 2.12. The summed E-state index contributed by atoms with van der Waals surface area (Å²) >= 11 is 0. The van der Waals surface area contributed by atoms with Gasteiger partial charge in [-0.15, -0.1) is 0 Å². The second-order valence-corrected chi connectivity index (χ2v) is 2.32. The van der Waals surface area contributed by atoms with E-state index in [9.17, 15) is 0 Å². The molecule has 3 nitrogen and oxygen atoms in total. The first-order valence-electron chi connectivity index (χ1n) is 3.32. The molecule has 0 aliphatic heterocycles. The molecule has 0 aromatic heterocycles. The number of methoxy groups -OCH3 is 1. The Morgan fingerprint density at radius 1 is 1.45 bits per heavy atom. The fourth-order valence-electron chi connectivity index (χ4n) is 1.17. The van der Waals surface area contributed by atoms with Crippen molar-refractivity contribution in [2.75, 3.05) is 7.11 Å². The van der Waals surface area contributed by atoms with Crippen LogP contribution in [0.5, 0.6) is 5.75 Å². The normalized spacial score (nSPS) is 10.8. The monoisotopic (exact) mass is 153 g/mol. The van der Waals surface area contributed by atoms with Crippen LogP contribution in [0.4, 0.5) is 0 Å². The van der Waals surface area contributed by atoms with Crippen molar-refractivity contribution in [3.8, 4) is 5.75 Å². The Bertz CT molecular complexity index is 244. The largest absolute Gasteiger partial charge is 0.496 e. The summed E-state index contributed by atoms with van der Waals surface area (Å²) in [5.74, 6) is 4.53. The van der Waals surface area contributed by atoms with Gasteiger partial charge in [-0.25, -0.2) is 5.90 Å². The van der Waals surface area contributed by atoms with Crippen LogP contribution >= 0.6 is 0 Å². The van der Waals surface area contributed by atoms with Crippen molar-refractivity contribution < 1.29 is 9.94 Å². The molecule has 2 bridgehead atoms. The summed E-state index contributed by atoms with van der Waals surface area (Å²) in [5.41, 5.74) is 2.76. The average molecular weight is 153 g/mol. The van der Waals surface area contributed by atoms with Crippen LogP contribution in [0.25, 0.3) is 0 Å². The predicted molar refractivity (Wildman–Crippen MR) is 41.8 cm³/mol. The van der Waals surface area contributed by atoms with Gasteiger partial charge in [0.15, 0.2) is 0 Å². The first-order chi connectivity index (χ1) is 5.40. The molecule has 3 N–H and O–H groups in total. The number of ether oxygens (including phenoxy) is 1. The van der Waals surface area contributed by atoms with Crippen LogP contribution in [-0.4, -0.2) is 12.3 Å². The number of fused-ring (bicyclic) bond motifs is 2. The summed E-state index contributed by atoms with van der Waals surface area (Å²) in [6.07, 6.45) is 1.11. The molecule has 1 aromatic rings. The molecule has 2 aliphatic carbocycles. The van der Waals surface area contributed by atoms with Gasteiger partial charge in [0.05, 0.1) is 7.11 Å². The molecule has 0 fully saturated rings. The van der Waals surface area contributed by atoms with Gasteiger partial charge in [-0.05, 0) is 17.2 Å². The molecular weight excluding hydrogens is 142 g/mol. The lowest BCUT2D eigenvalue weighted by Crippen LogP contribution is -2.02. The lowest BCUT2D eigenvalue weighted by Gasteiger charge is -2.17. The third-order valence-corrected chi connectivity index (χ3v) is 1.74. The van der Waals surface area contributed by atoms with E-state index in [1.165, 1.54) is 11.1 Å². The van der Waals surface area contributed by atoms with Crippen molar-refractivity contribution >= 4 is 0 Å². The smallest absolute Gasteiger partial charge is 0.122 e. The van der Waals surface area contributed by atoms with Gasteiger partial charge in [-0.2, -0.15) is 0 Å². The van der Waals surface area contributed by atoms with Gasteiger partial charge in [0, 0.05) is 6.42 Å². The predicted octanol–water partition coefficient (Wildman–Crippen LogP) is 0.934. The molecule has 0 atom stereocenters. The van der Waals surface area contributed by atoms with Gasteiger partial charge in [-0.1, -0.05) is 12.1 Å². The van der Waals surface area contributed by atoms with Crippen molar-refractivity contribution in [2.45, 2.75) is 6.42 Å². The Morgan fingerprint density at radius 3 is 2.36 bits per heavy atom. The van der Waals surface area contributed by atoms with Crippen molar-refractivity contribution in [3.63, 3.8) is 0 Å². The molecule has 3 heteroatoms. The van der Waals surface area contributed by atoms with Crippen LogP contribution in [-0.2, 0) is 6.42 Å². The maximum absolute atomic E-state index is 6.50. The van der Waals surface area contributed by atoms with E-state index >= 15 is 0 Å². The van der Waals surface area contributed by atoms with Gasteiger partial charge >= 0.3 is 0 Å². The van der Waals surface area contributed by atoms with Crippen molar-refractivity contribution in [2.24, 2.45) is 5.90 Å². The first kappa shape index (κ1) is 8.04. The maximum Gasteiger partial charge on any atom is 0.122 e. The van der Waals surface area contributed by atoms with E-state index in [2.05, 4.69) is 18.0 Å². The van der Waals surface area contributed by atoms with Crippen molar-refractivity contribution in [1.82, 2.24) is 0 Å². The molecule has 0 spiro atoms. The van der Waals surface area contributed by atoms with Crippen LogP contribution in [0.2, 0.25) is 0 Å². The Hall–Kier alpha value is -1.06. The molecule has 11 heavy (non-hydrogen) atoms. The number of nitrogens with two attached hydrogens (primary N) is 1. The van der Waals surface area contributed by atoms with E-state index in [0.717, 1.165) is 12.2 Å². The molecular formula is C8H11NO2. The Kier molecular flexibility index (Phi) is 2.46. The third kappa shape index (κ3) is 1.34. The second-order valence-electron chi connectivity index (χ2n) is 2.32. The van der Waals surface area contributed by atoms with E-state index in [4.69, 9.17) is 9.94 Å². The Morgan fingerprint density at radius 2 is 2.09 bits per heavy atom. The van der Waals surface area contributed by atoms with Gasteiger partial charge in [0.1, 0.15) is 5.75 Å². The average Bonchev–Trinajstić information content (AvgIpc) is 2.07. The van der Waals surface area contributed by atoms with Gasteiger partial charge in [0.2, 0.25) is 0 Å². The lowest BCUT2D eigenvalue weighted by molar-refractivity contribution is 0.311. The molecule has 0 heterocycles. The van der Waals surface area contributed by atoms with E-state index < -0.39 is 0 Å². The minimum Gasteiger partial charge on any atom is -0.496 e. The molecule has 0 saturated heterocycles. The van der Waals surface area contributed by atoms with Crippen molar-refractivity contribution in [3.05, 3.63) is 29.3 Å². The second kappa shape index (κ2) is 3.37. The van der Waals surface area contributed by atoms with Gasteiger partial charge < -0.3 is 9.94 Å². The van der Waals surface area contributed by atoms with Crippen LogP contribution in [0.3, 0.4) is 0 Å². The first-order valence-corrected chi connectivity index (χ1v) is 3.32. The molecule has 3 rings (SSSR count). The molecule has 1 aromatic carbocycles. The molecule has 2 aliphatic rings. The number of rotatable bonds is 1. The topological polar surface area (TPSA) is 55.5 Å². The highest BCUT2D eigenvalue weighted by atomic mass is 16.5. The fourth-order valence-corrected chi connectivity index (χ4v) is 1.17. The molecule has 0 unspecified atom stereocenters. The third-order valence-electron chi connectivity index (χ3n) is 1.74. The van der Waals surface area contributed by atoms with E-state index in [1.807, 2.05) is 6.07 Å². The van der Waals surface area contributed by atoms with Gasteiger partial charge in [0.25, 0.3) is 0 Å². The van der Waals surface area contributed by atoms with Crippen LogP contribution in [0.1, 0.15) is 11.1 Å². The van der Waals surface area contributed by atoms with Crippen LogP contribution < -0.4 is 10.6 Å². The SMILES string of the molecule is COc1ccc2cc1C2.NO. The Balaban J connectivity index is 0.000000281. The van der Waals surface area contributed by atoms with Crippen molar-refractivity contribution in [1.29, 1.82) is 0 Å².